The summed E-state index contributed by atoms with van der Waals surface area (Å²) < 4.78 is 0. The highest BCUT2D eigenvalue weighted by Crippen LogP contribution is 2.38. The van der Waals surface area contributed by atoms with Crippen LogP contribution in [0.2, 0.25) is 0 Å². The normalized spacial score (nSPS) is 11.2. The van der Waals surface area contributed by atoms with Gasteiger partial charge >= 0.3 is 0 Å². The van der Waals surface area contributed by atoms with E-state index in [1.807, 2.05) is 11.3 Å². The fourth-order valence-electron chi connectivity index (χ4n) is 2.62. The van der Waals surface area contributed by atoms with E-state index in [2.05, 4.69) is 72.1 Å². The van der Waals surface area contributed by atoms with Crippen LogP contribution in [-0.4, -0.2) is 0 Å². The Kier molecular flexibility index (Phi) is 2.39. The van der Waals surface area contributed by atoms with Crippen LogP contribution in [0.5, 0.6) is 0 Å². The third-order valence-corrected chi connectivity index (χ3v) is 4.59. The second-order valence-electron chi connectivity index (χ2n) is 4.68. The Morgan fingerprint density at radius 1 is 0.579 bits per heavy atom. The van der Waals surface area contributed by atoms with Gasteiger partial charge in [-0.2, -0.15) is 0 Å². The van der Waals surface area contributed by atoms with Crippen molar-refractivity contribution in [2.24, 2.45) is 0 Å². The standard InChI is InChI=1S/C18H12S/c1-3-9-15-13(6-1)8-5-11-17(15)18-16-10-4-2-7-14(16)12-19-18/h1-12H. The van der Waals surface area contributed by atoms with Crippen molar-refractivity contribution in [3.63, 3.8) is 0 Å². The van der Waals surface area contributed by atoms with Crippen LogP contribution in [0.1, 0.15) is 0 Å². The fraction of sp³-hybridized carbons (Fsp3) is 0. The maximum absolute atomic E-state index is 2.24. The van der Waals surface area contributed by atoms with Gasteiger partial charge in [-0.3, -0.25) is 0 Å². The zero-order chi connectivity index (χ0) is 12.7. The van der Waals surface area contributed by atoms with Crippen LogP contribution in [0.3, 0.4) is 0 Å². The molecule has 90 valence electrons. The lowest BCUT2D eigenvalue weighted by Crippen LogP contribution is -1.78. The maximum atomic E-state index is 2.24. The van der Waals surface area contributed by atoms with E-state index >= 15 is 0 Å². The van der Waals surface area contributed by atoms with Gasteiger partial charge in [0, 0.05) is 15.8 Å². The molecular weight excluding hydrogens is 248 g/mol. The summed E-state index contributed by atoms with van der Waals surface area (Å²) in [6.07, 6.45) is 0. The highest BCUT2D eigenvalue weighted by Gasteiger charge is 2.08. The van der Waals surface area contributed by atoms with Crippen LogP contribution in [-0.2, 0) is 0 Å². The lowest BCUT2D eigenvalue weighted by Gasteiger charge is -2.05. The van der Waals surface area contributed by atoms with E-state index in [0.717, 1.165) is 0 Å². The summed E-state index contributed by atoms with van der Waals surface area (Å²) in [5, 5.41) is 7.56. The highest BCUT2D eigenvalue weighted by atomic mass is 32.1. The summed E-state index contributed by atoms with van der Waals surface area (Å²) in [6, 6.07) is 23.7. The van der Waals surface area contributed by atoms with Crippen LogP contribution in [0.25, 0.3) is 32.0 Å². The van der Waals surface area contributed by atoms with Crippen LogP contribution in [0, 0.1) is 0 Å². The van der Waals surface area contributed by atoms with Gasteiger partial charge < -0.3 is 0 Å². The van der Waals surface area contributed by atoms with E-state index in [1.165, 1.54) is 32.0 Å². The van der Waals surface area contributed by atoms with Crippen molar-refractivity contribution in [1.29, 1.82) is 0 Å². The Bertz CT molecular complexity index is 866. The molecule has 0 fully saturated rings. The smallest absolute Gasteiger partial charge is 0.0427 e. The molecule has 0 unspecified atom stereocenters. The number of thiophene rings is 1. The van der Waals surface area contributed by atoms with Crippen molar-refractivity contribution >= 4 is 32.9 Å². The first kappa shape index (κ1) is 10.8. The molecule has 0 N–H and O–H groups in total. The Balaban J connectivity index is 2.10. The van der Waals surface area contributed by atoms with Crippen LogP contribution >= 0.6 is 11.3 Å². The van der Waals surface area contributed by atoms with Crippen molar-refractivity contribution in [3.05, 3.63) is 72.1 Å². The third-order valence-electron chi connectivity index (χ3n) is 3.54. The number of hydrogen-bond donors (Lipinski definition) is 0. The topological polar surface area (TPSA) is 0 Å². The summed E-state index contributed by atoms with van der Waals surface area (Å²) in [6.45, 7) is 0. The summed E-state index contributed by atoms with van der Waals surface area (Å²) in [4.78, 5) is 1.37. The molecule has 0 saturated heterocycles. The first-order valence-electron chi connectivity index (χ1n) is 6.38. The van der Waals surface area contributed by atoms with Gasteiger partial charge in [-0.05, 0) is 21.5 Å². The molecule has 0 amide bonds. The second-order valence-corrected chi connectivity index (χ2v) is 5.56. The molecule has 1 heterocycles. The average molecular weight is 260 g/mol. The zero-order valence-electron chi connectivity index (χ0n) is 10.3. The number of hydrogen-bond acceptors (Lipinski definition) is 1. The molecule has 0 nitrogen and oxygen atoms in total. The molecule has 1 aromatic heterocycles. The summed E-state index contributed by atoms with van der Waals surface area (Å²) in [5.74, 6) is 0. The van der Waals surface area contributed by atoms with E-state index in [9.17, 15) is 0 Å². The molecule has 0 bridgehead atoms. The van der Waals surface area contributed by atoms with Crippen molar-refractivity contribution in [3.8, 4) is 10.4 Å². The van der Waals surface area contributed by atoms with Gasteiger partial charge in [-0.15, -0.1) is 11.3 Å². The van der Waals surface area contributed by atoms with Gasteiger partial charge in [0.2, 0.25) is 0 Å². The molecule has 0 radical (unpaired) electrons. The van der Waals surface area contributed by atoms with E-state index in [4.69, 9.17) is 0 Å². The Morgan fingerprint density at radius 2 is 1.26 bits per heavy atom. The largest absolute Gasteiger partial charge is 0.143 e. The van der Waals surface area contributed by atoms with Gasteiger partial charge in [-0.1, -0.05) is 66.7 Å². The van der Waals surface area contributed by atoms with Gasteiger partial charge in [-0.25, -0.2) is 0 Å². The number of benzene rings is 3. The Hall–Kier alpha value is -2.12. The lowest BCUT2D eigenvalue weighted by molar-refractivity contribution is 1.74. The minimum atomic E-state index is 1.30. The van der Waals surface area contributed by atoms with Gasteiger partial charge in [0.15, 0.2) is 0 Å². The zero-order valence-corrected chi connectivity index (χ0v) is 11.2. The highest BCUT2D eigenvalue weighted by molar-refractivity contribution is 7.15. The molecule has 19 heavy (non-hydrogen) atoms. The second kappa shape index (κ2) is 4.22. The van der Waals surface area contributed by atoms with Crippen LogP contribution in [0.15, 0.2) is 72.1 Å². The lowest BCUT2D eigenvalue weighted by atomic mass is 10.0. The number of fused-ring (bicyclic) bond motifs is 2. The quantitative estimate of drug-likeness (QED) is 0.410. The predicted octanol–water partition coefficient (Wildman–Crippen LogP) is 5.72. The van der Waals surface area contributed by atoms with Gasteiger partial charge in [0.1, 0.15) is 0 Å². The van der Waals surface area contributed by atoms with Crippen molar-refractivity contribution in [2.45, 2.75) is 0 Å². The molecule has 0 aliphatic carbocycles. The van der Waals surface area contributed by atoms with Gasteiger partial charge in [0.05, 0.1) is 0 Å². The molecule has 0 spiro atoms. The summed E-state index contributed by atoms with van der Waals surface area (Å²) in [7, 11) is 0. The first-order chi connectivity index (χ1) is 9.43. The minimum absolute atomic E-state index is 1.30. The van der Waals surface area contributed by atoms with E-state index in [0.29, 0.717) is 0 Å². The number of rotatable bonds is 1. The maximum Gasteiger partial charge on any atom is 0.0427 e. The molecule has 4 rings (SSSR count). The summed E-state index contributed by atoms with van der Waals surface area (Å²) in [5.41, 5.74) is 1.34. The van der Waals surface area contributed by atoms with E-state index in [-0.39, 0.29) is 0 Å². The molecule has 3 aromatic carbocycles. The molecule has 1 heteroatoms. The molecule has 0 aliphatic rings. The molecule has 0 saturated carbocycles. The monoisotopic (exact) mass is 260 g/mol. The Labute approximate surface area is 115 Å². The molecule has 0 atom stereocenters. The van der Waals surface area contributed by atoms with Crippen molar-refractivity contribution < 1.29 is 0 Å². The van der Waals surface area contributed by atoms with E-state index < -0.39 is 0 Å². The van der Waals surface area contributed by atoms with Crippen LogP contribution < -0.4 is 0 Å². The van der Waals surface area contributed by atoms with Crippen LogP contribution in [0.4, 0.5) is 0 Å². The third kappa shape index (κ3) is 1.66. The fourth-order valence-corrected chi connectivity index (χ4v) is 3.69. The van der Waals surface area contributed by atoms with Crippen molar-refractivity contribution in [1.82, 2.24) is 0 Å². The van der Waals surface area contributed by atoms with Crippen molar-refractivity contribution in [2.75, 3.05) is 0 Å². The predicted molar refractivity (Wildman–Crippen MR) is 84.8 cm³/mol. The summed E-state index contributed by atoms with van der Waals surface area (Å²) >= 11 is 1.83. The Morgan fingerprint density at radius 3 is 2.16 bits per heavy atom. The average Bonchev–Trinajstić information content (AvgIpc) is 2.90. The first-order valence-corrected chi connectivity index (χ1v) is 7.26. The van der Waals surface area contributed by atoms with Gasteiger partial charge in [0.25, 0.3) is 0 Å². The molecule has 4 aromatic rings. The SMILES string of the molecule is c1ccc2c(-c3scc4ccccc34)cccc2c1. The minimum Gasteiger partial charge on any atom is -0.143 e. The molecule has 0 aliphatic heterocycles. The van der Waals surface area contributed by atoms with E-state index in [1.54, 1.807) is 0 Å². The molecular formula is C18H12S.